The van der Waals surface area contributed by atoms with Crippen LogP contribution in [0, 0.1) is 0 Å². The summed E-state index contributed by atoms with van der Waals surface area (Å²) in [5, 5.41) is 17.1. The Hall–Kier alpha value is -6.25. The van der Waals surface area contributed by atoms with Gasteiger partial charge >= 0.3 is 5.97 Å². The predicted molar refractivity (Wildman–Crippen MR) is 195 cm³/mol. The second-order valence-corrected chi connectivity index (χ2v) is 12.7. The third-order valence-corrected chi connectivity index (χ3v) is 9.51. The van der Waals surface area contributed by atoms with E-state index >= 15 is 0 Å². The summed E-state index contributed by atoms with van der Waals surface area (Å²) in [6.45, 7) is 0.263. The highest BCUT2D eigenvalue weighted by Gasteiger charge is 2.49. The molecule has 0 saturated heterocycles. The third kappa shape index (κ3) is 6.82. The molecule has 0 radical (unpaired) electrons. The van der Waals surface area contributed by atoms with Gasteiger partial charge in [-0.05, 0) is 115 Å². The second-order valence-electron chi connectivity index (χ2n) is 12.7. The summed E-state index contributed by atoms with van der Waals surface area (Å²) in [5.74, 6) is 0.846. The van der Waals surface area contributed by atoms with E-state index in [9.17, 15) is 4.79 Å². The number of rotatable bonds is 10. The van der Waals surface area contributed by atoms with E-state index in [1.807, 2.05) is 109 Å². The smallest absolute Gasteiger partial charge is 0.343 e. The molecule has 2 aliphatic carbocycles. The first kappa shape index (κ1) is 32.0. The predicted octanol–water partition coefficient (Wildman–Crippen LogP) is 11.4. The zero-order valence-corrected chi connectivity index (χ0v) is 27.8. The summed E-state index contributed by atoms with van der Waals surface area (Å²) in [5.41, 5.74) is 8.57. The molecular weight excluding hydrogens is 636 g/mol. The second kappa shape index (κ2) is 14.3. The molecule has 1 spiro atoms. The van der Waals surface area contributed by atoms with Gasteiger partial charge in [-0.1, -0.05) is 72.8 Å². The van der Waals surface area contributed by atoms with E-state index in [1.165, 1.54) is 11.1 Å². The van der Waals surface area contributed by atoms with Crippen molar-refractivity contribution < 1.29 is 19.3 Å². The molecule has 8 nitrogen and oxygen atoms in total. The summed E-state index contributed by atoms with van der Waals surface area (Å²) < 4.78 is 6.17. The molecule has 51 heavy (non-hydrogen) atoms. The highest BCUT2D eigenvalue weighted by Crippen LogP contribution is 2.57. The number of fused-ring (bicyclic) bond motifs is 4. The Bertz CT molecular complexity index is 2220. The van der Waals surface area contributed by atoms with E-state index in [4.69, 9.17) is 14.5 Å². The van der Waals surface area contributed by atoms with Crippen LogP contribution in [0.25, 0.3) is 0 Å². The van der Waals surface area contributed by atoms with Crippen LogP contribution >= 0.6 is 0 Å². The molecule has 1 unspecified atom stereocenters. The van der Waals surface area contributed by atoms with Gasteiger partial charge in [0.15, 0.2) is 5.75 Å². The number of aryl methyl sites for hydroxylation is 2. The van der Waals surface area contributed by atoms with Gasteiger partial charge in [0.2, 0.25) is 0 Å². The lowest BCUT2D eigenvalue weighted by atomic mass is 9.76. The fourth-order valence-electron chi connectivity index (χ4n) is 7.12. The Labute approximate surface area is 296 Å². The van der Waals surface area contributed by atoms with Crippen LogP contribution in [0.3, 0.4) is 0 Å². The minimum absolute atomic E-state index is 0.263. The average Bonchev–Trinajstić information content (AvgIpc) is 3.76. The quantitative estimate of drug-likeness (QED) is 0.0476. The molecular formula is C43H34N4O4. The first-order valence-electron chi connectivity index (χ1n) is 17.0. The van der Waals surface area contributed by atoms with Crippen LogP contribution in [-0.4, -0.2) is 5.97 Å². The first-order chi connectivity index (χ1) is 25.1. The summed E-state index contributed by atoms with van der Waals surface area (Å²) in [4.78, 5) is 25.4. The van der Waals surface area contributed by atoms with Crippen LogP contribution in [0.5, 0.6) is 11.5 Å². The normalized spacial score (nSPS) is 16.1. The molecule has 0 aliphatic heterocycles. The van der Waals surface area contributed by atoms with Gasteiger partial charge in [-0.3, -0.25) is 0 Å². The van der Waals surface area contributed by atoms with Gasteiger partial charge in [-0.15, -0.1) is 0 Å². The molecule has 8 heteroatoms. The number of hydrogen-bond acceptors (Lipinski definition) is 8. The monoisotopic (exact) mass is 670 g/mol. The molecule has 1 atom stereocenters. The number of hydrogen-bond donors (Lipinski definition) is 0. The molecule has 6 aromatic carbocycles. The van der Waals surface area contributed by atoms with Crippen molar-refractivity contribution in [3.05, 3.63) is 179 Å². The molecule has 0 saturated carbocycles. The van der Waals surface area contributed by atoms with Crippen LogP contribution < -0.4 is 9.62 Å². The summed E-state index contributed by atoms with van der Waals surface area (Å²) >= 11 is 0. The molecule has 250 valence electrons. The lowest BCUT2D eigenvalue weighted by Gasteiger charge is -2.29. The van der Waals surface area contributed by atoms with E-state index in [2.05, 4.69) is 32.6 Å². The van der Waals surface area contributed by atoms with Crippen molar-refractivity contribution in [3.63, 3.8) is 0 Å². The molecule has 0 amide bonds. The SMILES string of the molecule is O=C(Oc1cccc2c1C1(CCc3cccc(OOCc4ccc(N=Nc5ccccc5)cc4)c31)CC2)c1ccc(N=Nc2ccccc2)cc1. The molecule has 0 aromatic heterocycles. The summed E-state index contributed by atoms with van der Waals surface area (Å²) in [6.07, 6.45) is 3.56. The Morgan fingerprint density at radius 2 is 1.02 bits per heavy atom. The maximum Gasteiger partial charge on any atom is 0.343 e. The van der Waals surface area contributed by atoms with Crippen molar-refractivity contribution >= 4 is 28.7 Å². The van der Waals surface area contributed by atoms with Crippen molar-refractivity contribution in [2.45, 2.75) is 37.7 Å². The third-order valence-electron chi connectivity index (χ3n) is 9.51. The largest absolute Gasteiger partial charge is 0.423 e. The van der Waals surface area contributed by atoms with Crippen LogP contribution in [-0.2, 0) is 29.8 Å². The van der Waals surface area contributed by atoms with Gasteiger partial charge in [0.25, 0.3) is 0 Å². The summed E-state index contributed by atoms with van der Waals surface area (Å²) in [7, 11) is 0. The highest BCUT2D eigenvalue weighted by atomic mass is 17.2. The Morgan fingerprint density at radius 1 is 0.529 bits per heavy atom. The number of ether oxygens (including phenoxy) is 1. The average molecular weight is 671 g/mol. The molecule has 0 heterocycles. The number of nitrogens with zero attached hydrogens (tertiary/aromatic N) is 4. The van der Waals surface area contributed by atoms with Gasteiger partial charge in [0.1, 0.15) is 12.4 Å². The Kier molecular flexibility index (Phi) is 8.97. The maximum atomic E-state index is 13.5. The van der Waals surface area contributed by atoms with Gasteiger partial charge in [0.05, 0.1) is 28.3 Å². The van der Waals surface area contributed by atoms with Crippen LogP contribution in [0.2, 0.25) is 0 Å². The molecule has 0 N–H and O–H groups in total. The molecule has 6 aromatic rings. The van der Waals surface area contributed by atoms with E-state index in [0.29, 0.717) is 22.7 Å². The zero-order valence-electron chi connectivity index (χ0n) is 27.8. The maximum absolute atomic E-state index is 13.5. The minimum atomic E-state index is -0.421. The molecule has 0 bridgehead atoms. The van der Waals surface area contributed by atoms with Gasteiger partial charge in [0, 0.05) is 16.5 Å². The van der Waals surface area contributed by atoms with E-state index in [-0.39, 0.29) is 12.0 Å². The summed E-state index contributed by atoms with van der Waals surface area (Å²) in [6, 6.07) is 46.0. The topological polar surface area (TPSA) is 94.2 Å². The van der Waals surface area contributed by atoms with Gasteiger partial charge in [-0.2, -0.15) is 25.3 Å². The number of azo groups is 2. The number of carbonyl (C=O) groups is 1. The molecule has 8 rings (SSSR count). The van der Waals surface area contributed by atoms with Gasteiger partial charge in [-0.25, -0.2) is 4.79 Å². The minimum Gasteiger partial charge on any atom is -0.423 e. The Balaban J connectivity index is 0.974. The van der Waals surface area contributed by atoms with Crippen LogP contribution in [0.1, 0.15) is 51.0 Å². The van der Waals surface area contributed by atoms with E-state index < -0.39 is 5.97 Å². The van der Waals surface area contributed by atoms with Crippen molar-refractivity contribution in [3.8, 4) is 11.5 Å². The highest BCUT2D eigenvalue weighted by molar-refractivity contribution is 5.91. The number of benzene rings is 6. The lowest BCUT2D eigenvalue weighted by molar-refractivity contribution is -0.218. The van der Waals surface area contributed by atoms with E-state index in [1.54, 1.807) is 24.3 Å². The molecule has 2 aliphatic rings. The number of esters is 1. The van der Waals surface area contributed by atoms with Crippen molar-refractivity contribution in [2.75, 3.05) is 0 Å². The van der Waals surface area contributed by atoms with Gasteiger partial charge < -0.3 is 9.62 Å². The van der Waals surface area contributed by atoms with Crippen molar-refractivity contribution in [1.29, 1.82) is 0 Å². The van der Waals surface area contributed by atoms with Crippen molar-refractivity contribution in [2.24, 2.45) is 20.5 Å². The van der Waals surface area contributed by atoms with Crippen molar-refractivity contribution in [1.82, 2.24) is 0 Å². The molecule has 0 fully saturated rings. The number of carbonyl (C=O) groups excluding carboxylic acids is 1. The zero-order chi connectivity index (χ0) is 34.5. The standard InChI is InChI=1S/C43H34N4O4/c48-42(33-19-23-37(24-20-33)47-45-35-13-5-2-6-14-35)50-38-15-7-9-31-25-27-43(40(31)38)28-26-32-10-8-16-39(41(32)43)51-49-29-30-17-21-36(22-18-30)46-44-34-11-3-1-4-12-34/h1-24H,25-29H2. The lowest BCUT2D eigenvalue weighted by Crippen LogP contribution is -2.24. The first-order valence-corrected chi connectivity index (χ1v) is 17.0. The van der Waals surface area contributed by atoms with Crippen LogP contribution in [0.4, 0.5) is 22.7 Å². The van der Waals surface area contributed by atoms with E-state index in [0.717, 1.165) is 59.4 Å². The fourth-order valence-corrected chi connectivity index (χ4v) is 7.12. The fraction of sp³-hybridized carbons (Fsp3) is 0.140. The Morgan fingerprint density at radius 3 is 1.59 bits per heavy atom. The van der Waals surface area contributed by atoms with Crippen LogP contribution in [0.15, 0.2) is 166 Å².